The van der Waals surface area contributed by atoms with Crippen LogP contribution in [-0.2, 0) is 24.0 Å². The van der Waals surface area contributed by atoms with E-state index in [2.05, 4.69) is 16.0 Å². The first-order valence-corrected chi connectivity index (χ1v) is 10.2. The van der Waals surface area contributed by atoms with E-state index in [4.69, 9.17) is 21.7 Å². The maximum atomic E-state index is 12.5. The van der Waals surface area contributed by atoms with Crippen molar-refractivity contribution in [2.24, 2.45) is 11.5 Å². The first kappa shape index (κ1) is 26.6. The number of nitrogens with two attached hydrogens (primary N) is 2. The third-order valence-corrected chi connectivity index (χ3v) is 4.48. The number of thioether (sulfide) groups is 1. The summed E-state index contributed by atoms with van der Waals surface area (Å²) in [6.45, 7) is 0.466. The normalized spacial score (nSPS) is 14.8. The van der Waals surface area contributed by atoms with Crippen molar-refractivity contribution in [1.29, 1.82) is 0 Å². The van der Waals surface area contributed by atoms with Crippen LogP contribution in [0.4, 0.5) is 0 Å². The van der Waals surface area contributed by atoms with E-state index >= 15 is 0 Å². The molecule has 166 valence electrons. The predicted molar refractivity (Wildman–Crippen MR) is 106 cm³/mol. The van der Waals surface area contributed by atoms with Crippen LogP contribution in [0.15, 0.2) is 0 Å². The van der Waals surface area contributed by atoms with E-state index in [1.54, 1.807) is 0 Å². The molecule has 0 heterocycles. The number of carbonyl (C=O) groups is 5. The molecule has 4 unspecified atom stereocenters. The Kier molecular flexibility index (Phi) is 12.6. The Balaban J connectivity index is 5.01. The highest BCUT2D eigenvalue weighted by Gasteiger charge is 2.28. The molecule has 0 saturated heterocycles. The average Bonchev–Trinajstić information content (AvgIpc) is 2.65. The molecule has 0 spiro atoms. The summed E-state index contributed by atoms with van der Waals surface area (Å²) in [6.07, 6.45) is 1.94. The van der Waals surface area contributed by atoms with E-state index in [1.807, 2.05) is 6.26 Å². The minimum absolute atomic E-state index is 0.106. The van der Waals surface area contributed by atoms with Gasteiger partial charge >= 0.3 is 5.97 Å². The highest BCUT2D eigenvalue weighted by Crippen LogP contribution is 2.03. The second-order valence-corrected chi connectivity index (χ2v) is 7.25. The van der Waals surface area contributed by atoms with Crippen LogP contribution in [0.3, 0.4) is 0 Å². The van der Waals surface area contributed by atoms with Crippen LogP contribution >= 0.6 is 11.8 Å². The molecule has 0 aliphatic heterocycles. The first-order valence-electron chi connectivity index (χ1n) is 8.81. The highest BCUT2D eigenvalue weighted by molar-refractivity contribution is 7.98. The number of hydrogen-bond donors (Lipinski definition) is 7. The summed E-state index contributed by atoms with van der Waals surface area (Å²) in [5, 5.41) is 24.6. The van der Waals surface area contributed by atoms with Gasteiger partial charge in [0.25, 0.3) is 0 Å². The predicted octanol–water partition coefficient (Wildman–Crippen LogP) is -3.12. The zero-order chi connectivity index (χ0) is 22.6. The van der Waals surface area contributed by atoms with Gasteiger partial charge in [-0.3, -0.25) is 19.2 Å². The van der Waals surface area contributed by atoms with Crippen LogP contribution in [0.2, 0.25) is 0 Å². The fourth-order valence-corrected chi connectivity index (χ4v) is 2.56. The molecular formula is C16H29N5O7S. The number of carbonyl (C=O) groups excluding carboxylic acids is 4. The number of nitrogens with one attached hydrogen (secondary N) is 3. The van der Waals surface area contributed by atoms with E-state index in [0.29, 0.717) is 12.2 Å². The van der Waals surface area contributed by atoms with Crippen LogP contribution in [0.25, 0.3) is 0 Å². The molecule has 0 radical (unpaired) electrons. The molecule has 0 aromatic rings. The molecule has 0 aliphatic rings. The Morgan fingerprint density at radius 3 is 2.03 bits per heavy atom. The van der Waals surface area contributed by atoms with E-state index in [-0.39, 0.29) is 12.8 Å². The van der Waals surface area contributed by atoms with Crippen LogP contribution in [0.5, 0.6) is 0 Å². The molecule has 0 aromatic carbocycles. The fraction of sp³-hybridized carbons (Fsp3) is 0.688. The number of aliphatic carboxylic acids is 1. The van der Waals surface area contributed by atoms with Crippen molar-refractivity contribution in [2.75, 3.05) is 18.6 Å². The van der Waals surface area contributed by atoms with Gasteiger partial charge < -0.3 is 37.6 Å². The maximum Gasteiger partial charge on any atom is 0.328 e. The number of primary amides is 1. The Morgan fingerprint density at radius 2 is 1.55 bits per heavy atom. The van der Waals surface area contributed by atoms with Crippen molar-refractivity contribution >= 4 is 41.4 Å². The Bertz CT molecular complexity index is 604. The van der Waals surface area contributed by atoms with Gasteiger partial charge in [-0.2, -0.15) is 11.8 Å². The van der Waals surface area contributed by atoms with Crippen molar-refractivity contribution < 1.29 is 34.2 Å². The van der Waals surface area contributed by atoms with Crippen LogP contribution in [0, 0.1) is 0 Å². The summed E-state index contributed by atoms with van der Waals surface area (Å²) in [4.78, 5) is 58.5. The van der Waals surface area contributed by atoms with E-state index in [0.717, 1.165) is 0 Å². The molecule has 4 amide bonds. The fourth-order valence-electron chi connectivity index (χ4n) is 2.07. The average molecular weight is 436 g/mol. The smallest absolute Gasteiger partial charge is 0.328 e. The lowest BCUT2D eigenvalue weighted by Gasteiger charge is -2.23. The molecule has 0 fully saturated rings. The van der Waals surface area contributed by atoms with Gasteiger partial charge in [0, 0.05) is 6.42 Å². The summed E-state index contributed by atoms with van der Waals surface area (Å²) >= 11 is 1.50. The third-order valence-electron chi connectivity index (χ3n) is 3.83. The summed E-state index contributed by atoms with van der Waals surface area (Å²) < 4.78 is 0. The van der Waals surface area contributed by atoms with Gasteiger partial charge in [-0.25, -0.2) is 4.79 Å². The molecule has 0 bridgehead atoms. The second kappa shape index (κ2) is 13.7. The van der Waals surface area contributed by atoms with Gasteiger partial charge in [-0.05, 0) is 31.8 Å². The number of carboxylic acids is 1. The number of aliphatic hydroxyl groups is 1. The summed E-state index contributed by atoms with van der Waals surface area (Å²) in [5.74, 6) is -3.69. The van der Waals surface area contributed by atoms with Crippen molar-refractivity contribution in [3.63, 3.8) is 0 Å². The number of rotatable bonds is 14. The number of carboxylic acid groups (broad SMARTS) is 1. The lowest BCUT2D eigenvalue weighted by atomic mass is 10.1. The van der Waals surface area contributed by atoms with Crippen molar-refractivity contribution in [2.45, 2.75) is 50.4 Å². The molecule has 29 heavy (non-hydrogen) atoms. The van der Waals surface area contributed by atoms with E-state index in [1.165, 1.54) is 18.7 Å². The lowest BCUT2D eigenvalue weighted by molar-refractivity contribution is -0.143. The summed E-state index contributed by atoms with van der Waals surface area (Å²) in [7, 11) is 0. The molecule has 9 N–H and O–H groups in total. The van der Waals surface area contributed by atoms with Crippen molar-refractivity contribution in [3.05, 3.63) is 0 Å². The van der Waals surface area contributed by atoms with Gasteiger partial charge in [0.1, 0.15) is 18.1 Å². The first-order chi connectivity index (χ1) is 13.5. The maximum absolute atomic E-state index is 12.5. The molecule has 0 aromatic heterocycles. The summed E-state index contributed by atoms with van der Waals surface area (Å²) in [5.41, 5.74) is 10.9. The molecular weight excluding hydrogens is 406 g/mol. The number of hydrogen-bond acceptors (Lipinski definition) is 8. The van der Waals surface area contributed by atoms with Gasteiger partial charge in [-0.1, -0.05) is 0 Å². The van der Waals surface area contributed by atoms with Gasteiger partial charge in [-0.15, -0.1) is 0 Å². The Labute approximate surface area is 172 Å². The van der Waals surface area contributed by atoms with Gasteiger partial charge in [0.2, 0.25) is 23.6 Å². The van der Waals surface area contributed by atoms with Crippen LogP contribution in [-0.4, -0.2) is 82.6 Å². The standard InChI is InChI=1S/C16H29N5O7S/c1-8(13(24)21-11(7-22)16(27)28)19-15(26)10(3-4-12(18)23)20-14(25)9(17)5-6-29-2/h8-11,22H,3-7,17H2,1-2H3,(H2,18,23)(H,19,26)(H,20,25)(H,21,24)(H,27,28). The Morgan fingerprint density at radius 1 is 0.966 bits per heavy atom. The summed E-state index contributed by atoms with van der Waals surface area (Å²) in [6, 6.07) is -4.72. The minimum Gasteiger partial charge on any atom is -0.480 e. The third kappa shape index (κ3) is 10.7. The minimum atomic E-state index is -1.53. The molecule has 12 nitrogen and oxygen atoms in total. The van der Waals surface area contributed by atoms with Gasteiger partial charge in [0.15, 0.2) is 0 Å². The monoisotopic (exact) mass is 435 g/mol. The number of amides is 4. The van der Waals surface area contributed by atoms with Crippen LogP contribution in [0.1, 0.15) is 26.2 Å². The van der Waals surface area contributed by atoms with Crippen molar-refractivity contribution in [1.82, 2.24) is 16.0 Å². The zero-order valence-electron chi connectivity index (χ0n) is 16.3. The second-order valence-electron chi connectivity index (χ2n) is 6.27. The van der Waals surface area contributed by atoms with Gasteiger partial charge in [0.05, 0.1) is 12.6 Å². The quantitative estimate of drug-likeness (QED) is 0.147. The van der Waals surface area contributed by atoms with Crippen molar-refractivity contribution in [3.8, 4) is 0 Å². The molecule has 13 heteroatoms. The molecule has 0 rings (SSSR count). The highest BCUT2D eigenvalue weighted by atomic mass is 32.2. The topological polar surface area (TPSA) is 214 Å². The largest absolute Gasteiger partial charge is 0.480 e. The van der Waals surface area contributed by atoms with Crippen LogP contribution < -0.4 is 27.4 Å². The Hall–Kier alpha value is -2.38. The lowest BCUT2D eigenvalue weighted by Crippen LogP contribution is -2.56. The van der Waals surface area contributed by atoms with E-state index < -0.39 is 60.4 Å². The zero-order valence-corrected chi connectivity index (χ0v) is 17.2. The van der Waals surface area contributed by atoms with E-state index in [9.17, 15) is 24.0 Å². The molecule has 0 aliphatic carbocycles. The molecule has 4 atom stereocenters. The number of aliphatic hydroxyl groups excluding tert-OH is 1. The molecule has 0 saturated carbocycles. The SMILES string of the molecule is CSCCC(N)C(=O)NC(CCC(N)=O)C(=O)NC(C)C(=O)NC(CO)C(=O)O.